The second-order valence-electron chi connectivity index (χ2n) is 5.28. The Hall–Kier alpha value is -2.54. The van der Waals surface area contributed by atoms with Gasteiger partial charge in [-0.15, -0.1) is 0 Å². The molecular formula is C14H14N6O. The zero-order valence-corrected chi connectivity index (χ0v) is 11.6. The molecule has 0 aliphatic carbocycles. The fourth-order valence-corrected chi connectivity index (χ4v) is 2.75. The van der Waals surface area contributed by atoms with Crippen molar-refractivity contribution in [2.75, 3.05) is 0 Å². The second-order valence-corrected chi connectivity index (χ2v) is 5.28. The SMILES string of the molecule is Cc1nc2c(c(=O)[nH]1)CN(Cc1cn3cccnc3n1)C2. The lowest BCUT2D eigenvalue weighted by Gasteiger charge is -2.11. The van der Waals surface area contributed by atoms with Gasteiger partial charge in [-0.3, -0.25) is 14.1 Å². The summed E-state index contributed by atoms with van der Waals surface area (Å²) in [5.74, 6) is 1.36. The van der Waals surface area contributed by atoms with Crippen LogP contribution in [0.25, 0.3) is 5.78 Å². The van der Waals surface area contributed by atoms with Gasteiger partial charge in [0.1, 0.15) is 5.82 Å². The highest BCUT2D eigenvalue weighted by atomic mass is 16.1. The molecule has 0 aromatic carbocycles. The lowest BCUT2D eigenvalue weighted by atomic mass is 10.3. The molecule has 7 nitrogen and oxygen atoms in total. The van der Waals surface area contributed by atoms with E-state index in [4.69, 9.17) is 0 Å². The number of aromatic nitrogens is 5. The lowest BCUT2D eigenvalue weighted by molar-refractivity contribution is 0.270. The summed E-state index contributed by atoms with van der Waals surface area (Å²) in [5.41, 5.74) is 2.55. The smallest absolute Gasteiger partial charge is 0.255 e. The molecule has 0 atom stereocenters. The van der Waals surface area contributed by atoms with Crippen LogP contribution < -0.4 is 5.56 Å². The van der Waals surface area contributed by atoms with E-state index in [-0.39, 0.29) is 5.56 Å². The van der Waals surface area contributed by atoms with Crippen LogP contribution in [-0.4, -0.2) is 29.2 Å². The van der Waals surface area contributed by atoms with E-state index in [1.807, 2.05) is 22.9 Å². The van der Waals surface area contributed by atoms with Crippen molar-refractivity contribution in [2.45, 2.75) is 26.6 Å². The Bertz CT molecular complexity index is 848. The quantitative estimate of drug-likeness (QED) is 0.746. The number of nitrogens with one attached hydrogen (secondary N) is 1. The Labute approximate surface area is 120 Å². The summed E-state index contributed by atoms with van der Waals surface area (Å²) in [7, 11) is 0. The highest BCUT2D eigenvalue weighted by Gasteiger charge is 2.24. The maximum absolute atomic E-state index is 11.9. The summed E-state index contributed by atoms with van der Waals surface area (Å²) in [6.45, 7) is 3.77. The molecule has 0 amide bonds. The maximum atomic E-state index is 11.9. The highest BCUT2D eigenvalue weighted by molar-refractivity contribution is 5.30. The van der Waals surface area contributed by atoms with Gasteiger partial charge in [0.15, 0.2) is 0 Å². The lowest BCUT2D eigenvalue weighted by Crippen LogP contribution is -2.18. The number of imidazole rings is 1. The van der Waals surface area contributed by atoms with Crippen molar-refractivity contribution in [2.24, 2.45) is 0 Å². The predicted molar refractivity (Wildman–Crippen MR) is 75.5 cm³/mol. The van der Waals surface area contributed by atoms with Gasteiger partial charge in [0.2, 0.25) is 5.78 Å². The molecule has 1 N–H and O–H groups in total. The minimum absolute atomic E-state index is 0.0309. The van der Waals surface area contributed by atoms with Crippen LogP contribution in [-0.2, 0) is 19.6 Å². The van der Waals surface area contributed by atoms with Crippen LogP contribution in [0.2, 0.25) is 0 Å². The normalized spacial score (nSPS) is 14.7. The Morgan fingerprint density at radius 3 is 3.10 bits per heavy atom. The third-order valence-corrected chi connectivity index (χ3v) is 3.65. The number of rotatable bonds is 2. The zero-order valence-electron chi connectivity index (χ0n) is 11.6. The van der Waals surface area contributed by atoms with Crippen molar-refractivity contribution in [3.05, 3.63) is 57.8 Å². The molecule has 4 heterocycles. The molecule has 106 valence electrons. The Balaban J connectivity index is 1.59. The number of hydrogen-bond donors (Lipinski definition) is 1. The van der Waals surface area contributed by atoms with Gasteiger partial charge in [0.25, 0.3) is 5.56 Å². The van der Waals surface area contributed by atoms with Crippen LogP contribution in [0, 0.1) is 6.92 Å². The van der Waals surface area contributed by atoms with Crippen molar-refractivity contribution in [1.29, 1.82) is 0 Å². The fraction of sp³-hybridized carbons (Fsp3) is 0.286. The molecule has 0 radical (unpaired) electrons. The Morgan fingerprint density at radius 2 is 2.24 bits per heavy atom. The van der Waals surface area contributed by atoms with Gasteiger partial charge in [-0.2, -0.15) is 0 Å². The van der Waals surface area contributed by atoms with Gasteiger partial charge in [0.05, 0.1) is 17.0 Å². The van der Waals surface area contributed by atoms with E-state index >= 15 is 0 Å². The van der Waals surface area contributed by atoms with Gasteiger partial charge < -0.3 is 4.98 Å². The van der Waals surface area contributed by atoms with Gasteiger partial charge in [-0.05, 0) is 13.0 Å². The van der Waals surface area contributed by atoms with E-state index in [0.29, 0.717) is 31.2 Å². The molecule has 0 fully saturated rings. The molecule has 21 heavy (non-hydrogen) atoms. The molecule has 1 aliphatic heterocycles. The van der Waals surface area contributed by atoms with Crippen molar-refractivity contribution in [3.8, 4) is 0 Å². The van der Waals surface area contributed by atoms with E-state index < -0.39 is 0 Å². The van der Waals surface area contributed by atoms with Crippen molar-refractivity contribution >= 4 is 5.78 Å². The summed E-state index contributed by atoms with van der Waals surface area (Å²) in [6.07, 6.45) is 5.62. The summed E-state index contributed by atoms with van der Waals surface area (Å²) in [6, 6.07) is 1.87. The first-order chi connectivity index (χ1) is 10.2. The molecule has 4 rings (SSSR count). The summed E-state index contributed by atoms with van der Waals surface area (Å²) in [4.78, 5) is 29.9. The van der Waals surface area contributed by atoms with Crippen LogP contribution in [0.3, 0.4) is 0 Å². The van der Waals surface area contributed by atoms with E-state index in [9.17, 15) is 4.79 Å². The number of aryl methyl sites for hydroxylation is 1. The first-order valence-corrected chi connectivity index (χ1v) is 6.79. The molecule has 0 saturated carbocycles. The molecular weight excluding hydrogens is 268 g/mol. The summed E-state index contributed by atoms with van der Waals surface area (Å²) in [5, 5.41) is 0. The van der Waals surface area contributed by atoms with Crippen LogP contribution in [0.4, 0.5) is 0 Å². The second kappa shape index (κ2) is 4.49. The topological polar surface area (TPSA) is 79.2 Å². The molecule has 1 aliphatic rings. The first-order valence-electron chi connectivity index (χ1n) is 6.79. The van der Waals surface area contributed by atoms with Crippen LogP contribution in [0.15, 0.2) is 29.5 Å². The van der Waals surface area contributed by atoms with E-state index in [1.165, 1.54) is 0 Å². The minimum atomic E-state index is -0.0309. The summed E-state index contributed by atoms with van der Waals surface area (Å²) < 4.78 is 1.90. The standard InChI is InChI=1S/C14H14N6O/c1-9-16-12-8-19(7-11(12)13(21)17-9)5-10-6-20-4-2-3-15-14(20)18-10/h2-4,6H,5,7-8H2,1H3,(H,16,17,21). The van der Waals surface area contributed by atoms with E-state index in [0.717, 1.165) is 17.0 Å². The van der Waals surface area contributed by atoms with Crippen molar-refractivity contribution in [1.82, 2.24) is 29.2 Å². The average Bonchev–Trinajstić information content (AvgIpc) is 3.01. The van der Waals surface area contributed by atoms with E-state index in [1.54, 1.807) is 13.1 Å². The molecule has 3 aromatic rings. The molecule has 0 saturated heterocycles. The molecule has 0 unspecified atom stereocenters. The van der Waals surface area contributed by atoms with Crippen LogP contribution >= 0.6 is 0 Å². The Morgan fingerprint density at radius 1 is 1.33 bits per heavy atom. The van der Waals surface area contributed by atoms with Gasteiger partial charge in [-0.25, -0.2) is 15.0 Å². The minimum Gasteiger partial charge on any atom is -0.310 e. The molecule has 0 spiro atoms. The summed E-state index contributed by atoms with van der Waals surface area (Å²) >= 11 is 0. The number of fused-ring (bicyclic) bond motifs is 2. The Kier molecular flexibility index (Phi) is 2.61. The van der Waals surface area contributed by atoms with Crippen molar-refractivity contribution in [3.63, 3.8) is 0 Å². The predicted octanol–water partition coefficient (Wildman–Crippen LogP) is 0.637. The van der Waals surface area contributed by atoms with Gasteiger partial charge in [0, 0.05) is 38.2 Å². The van der Waals surface area contributed by atoms with Crippen LogP contribution in [0.5, 0.6) is 0 Å². The van der Waals surface area contributed by atoms with Gasteiger partial charge in [-0.1, -0.05) is 0 Å². The monoisotopic (exact) mass is 282 g/mol. The number of aromatic amines is 1. The van der Waals surface area contributed by atoms with Crippen molar-refractivity contribution < 1.29 is 0 Å². The fourth-order valence-electron chi connectivity index (χ4n) is 2.75. The van der Waals surface area contributed by atoms with Gasteiger partial charge >= 0.3 is 0 Å². The number of H-pyrrole nitrogens is 1. The number of nitrogens with zero attached hydrogens (tertiary/aromatic N) is 5. The maximum Gasteiger partial charge on any atom is 0.255 e. The highest BCUT2D eigenvalue weighted by Crippen LogP contribution is 2.19. The van der Waals surface area contributed by atoms with Crippen LogP contribution in [0.1, 0.15) is 22.8 Å². The van der Waals surface area contributed by atoms with E-state index in [2.05, 4.69) is 24.8 Å². The molecule has 7 heteroatoms. The first kappa shape index (κ1) is 12.2. The molecule has 0 bridgehead atoms. The largest absolute Gasteiger partial charge is 0.310 e. The molecule has 3 aromatic heterocycles. The average molecular weight is 282 g/mol. The third-order valence-electron chi connectivity index (χ3n) is 3.65. The zero-order chi connectivity index (χ0) is 14.4. The number of hydrogen-bond acceptors (Lipinski definition) is 5. The third kappa shape index (κ3) is 2.11.